The molecule has 0 spiro atoms. The molecule has 6 nitrogen and oxygen atoms in total. The summed E-state index contributed by atoms with van der Waals surface area (Å²) in [7, 11) is -0.927. The number of methoxy groups -OCH3 is 2. The highest BCUT2D eigenvalue weighted by atomic mass is 35.5. The van der Waals surface area contributed by atoms with Gasteiger partial charge in [0.15, 0.2) is 0 Å². The third-order valence-electron chi connectivity index (χ3n) is 6.22. The van der Waals surface area contributed by atoms with E-state index in [1.165, 1.54) is 77.7 Å². The molecule has 0 fully saturated rings. The van der Waals surface area contributed by atoms with Gasteiger partial charge >= 0.3 is 0 Å². The van der Waals surface area contributed by atoms with E-state index in [-0.39, 0.29) is 16.7 Å². The van der Waals surface area contributed by atoms with Gasteiger partial charge in [-0.2, -0.15) is 0 Å². The molecule has 0 saturated carbocycles. The van der Waals surface area contributed by atoms with Gasteiger partial charge in [0.05, 0.1) is 35.9 Å². The number of sulfonamides is 1. The number of hydrogen-bond acceptors (Lipinski definition) is 5. The molecule has 1 unspecified atom stereocenters. The molecule has 0 heterocycles. The number of halogens is 1. The van der Waals surface area contributed by atoms with Gasteiger partial charge in [-0.3, -0.25) is 4.72 Å². The van der Waals surface area contributed by atoms with Crippen molar-refractivity contribution in [3.8, 4) is 11.5 Å². The lowest BCUT2D eigenvalue weighted by atomic mass is 10.0. The Morgan fingerprint density at radius 1 is 0.833 bits per heavy atom. The van der Waals surface area contributed by atoms with Gasteiger partial charge in [0.2, 0.25) is 0 Å². The van der Waals surface area contributed by atoms with E-state index in [0.29, 0.717) is 23.1 Å². The van der Waals surface area contributed by atoms with Crippen LogP contribution in [-0.4, -0.2) is 29.2 Å². The Balaban J connectivity index is 1.98. The molecule has 1 atom stereocenters. The van der Waals surface area contributed by atoms with Crippen molar-refractivity contribution in [2.24, 2.45) is 0 Å². The topological polar surface area (TPSA) is 73.9 Å². The average Bonchev–Trinajstić information content (AvgIpc) is 2.87. The second kappa shape index (κ2) is 16.0. The number of unbranched alkanes of at least 4 members (excludes halogenated alkanes) is 8. The summed E-state index contributed by atoms with van der Waals surface area (Å²) in [4.78, 5) is 0.153. The Morgan fingerprint density at radius 2 is 1.42 bits per heavy atom. The van der Waals surface area contributed by atoms with Gasteiger partial charge in [-0.1, -0.05) is 88.4 Å². The Hall–Kier alpha value is -1.96. The van der Waals surface area contributed by atoms with Crippen molar-refractivity contribution in [3.63, 3.8) is 0 Å². The second-order valence-corrected chi connectivity index (χ2v) is 11.0. The molecule has 0 saturated heterocycles. The lowest BCUT2D eigenvalue weighted by Crippen LogP contribution is -2.14. The first-order chi connectivity index (χ1) is 17.4. The standard InChI is InChI=1S/C28H42ClNO5S/c1-5-7-8-9-10-11-12-13-14-15-26(35-6-2)22-16-18-23(19-17-22)36(31,32)30-25-21-27(33-3)24(29)20-28(25)34-4/h16-21,26,30H,5-15H2,1-4H3. The number of hydrogen-bond donors (Lipinski definition) is 1. The van der Waals surface area contributed by atoms with Crippen molar-refractivity contribution in [2.45, 2.75) is 89.1 Å². The zero-order chi connectivity index (χ0) is 26.4. The summed E-state index contributed by atoms with van der Waals surface area (Å²) >= 11 is 6.13. The number of ether oxygens (including phenoxy) is 3. The van der Waals surface area contributed by atoms with E-state index in [1.54, 1.807) is 12.1 Å². The number of benzene rings is 2. The van der Waals surface area contributed by atoms with Crippen molar-refractivity contribution < 1.29 is 22.6 Å². The molecule has 202 valence electrons. The maximum atomic E-state index is 13.0. The van der Waals surface area contributed by atoms with E-state index in [4.69, 9.17) is 25.8 Å². The molecule has 0 aliphatic heterocycles. The predicted molar refractivity (Wildman–Crippen MR) is 148 cm³/mol. The molecule has 2 rings (SSSR count). The highest BCUT2D eigenvalue weighted by molar-refractivity contribution is 7.92. The van der Waals surface area contributed by atoms with Gasteiger partial charge in [0.1, 0.15) is 11.5 Å². The van der Waals surface area contributed by atoms with Gasteiger partial charge in [-0.25, -0.2) is 8.42 Å². The highest BCUT2D eigenvalue weighted by Crippen LogP contribution is 2.37. The van der Waals surface area contributed by atoms with Crippen molar-refractivity contribution >= 4 is 27.3 Å². The fourth-order valence-corrected chi connectivity index (χ4v) is 5.49. The van der Waals surface area contributed by atoms with Crippen LogP contribution in [-0.2, 0) is 14.8 Å². The second-order valence-electron chi connectivity index (χ2n) is 8.92. The number of rotatable bonds is 18. The minimum Gasteiger partial charge on any atom is -0.495 e. The summed E-state index contributed by atoms with van der Waals surface area (Å²) in [5.41, 5.74) is 1.24. The van der Waals surface area contributed by atoms with Crippen LogP contribution < -0.4 is 14.2 Å². The minimum absolute atomic E-state index is 0.0371. The summed E-state index contributed by atoms with van der Waals surface area (Å²) in [6.45, 7) is 4.84. The average molecular weight is 540 g/mol. The van der Waals surface area contributed by atoms with Crippen LogP contribution in [0.3, 0.4) is 0 Å². The maximum Gasteiger partial charge on any atom is 0.262 e. The fourth-order valence-electron chi connectivity index (χ4n) is 4.19. The van der Waals surface area contributed by atoms with Crippen LogP contribution >= 0.6 is 11.6 Å². The minimum atomic E-state index is -3.84. The van der Waals surface area contributed by atoms with E-state index in [2.05, 4.69) is 11.6 Å². The van der Waals surface area contributed by atoms with Crippen LogP contribution in [0.25, 0.3) is 0 Å². The first-order valence-corrected chi connectivity index (χ1v) is 14.9. The van der Waals surface area contributed by atoms with Gasteiger partial charge in [-0.05, 0) is 31.0 Å². The van der Waals surface area contributed by atoms with Crippen LogP contribution in [0, 0.1) is 0 Å². The van der Waals surface area contributed by atoms with E-state index in [1.807, 2.05) is 19.1 Å². The van der Waals surface area contributed by atoms with E-state index < -0.39 is 10.0 Å². The Labute approximate surface area is 222 Å². The molecule has 0 aromatic heterocycles. The third kappa shape index (κ3) is 9.49. The number of nitrogens with one attached hydrogen (secondary N) is 1. The molecule has 0 bridgehead atoms. The first kappa shape index (κ1) is 30.3. The molecule has 36 heavy (non-hydrogen) atoms. The summed E-state index contributed by atoms with van der Waals surface area (Å²) in [5.74, 6) is 0.653. The lowest BCUT2D eigenvalue weighted by molar-refractivity contribution is 0.0542. The van der Waals surface area contributed by atoms with Gasteiger partial charge in [0.25, 0.3) is 10.0 Å². The quantitative estimate of drug-likeness (QED) is 0.193. The molecular weight excluding hydrogens is 498 g/mol. The number of anilines is 1. The van der Waals surface area contributed by atoms with Crippen molar-refractivity contribution in [1.82, 2.24) is 0 Å². The van der Waals surface area contributed by atoms with Crippen LogP contribution in [0.5, 0.6) is 11.5 Å². The molecule has 0 aliphatic carbocycles. The normalized spacial score (nSPS) is 12.4. The Kier molecular flexibility index (Phi) is 13.5. The van der Waals surface area contributed by atoms with E-state index in [9.17, 15) is 8.42 Å². The molecule has 0 aliphatic rings. The van der Waals surface area contributed by atoms with Crippen molar-refractivity contribution in [1.29, 1.82) is 0 Å². The summed E-state index contributed by atoms with van der Waals surface area (Å²) in [6.07, 6.45) is 12.4. The summed E-state index contributed by atoms with van der Waals surface area (Å²) in [5, 5.41) is 0.329. The molecule has 0 radical (unpaired) electrons. The molecular formula is C28H42ClNO5S. The molecule has 8 heteroatoms. The predicted octanol–water partition coefficient (Wildman–Crippen LogP) is 8.16. The van der Waals surface area contributed by atoms with E-state index >= 15 is 0 Å². The highest BCUT2D eigenvalue weighted by Gasteiger charge is 2.20. The summed E-state index contributed by atoms with van der Waals surface area (Å²) in [6, 6.07) is 9.91. The Bertz CT molecular complexity index is 1010. The zero-order valence-corrected chi connectivity index (χ0v) is 23.7. The molecule has 2 aromatic rings. The Morgan fingerprint density at radius 3 is 1.97 bits per heavy atom. The van der Waals surface area contributed by atoms with Crippen molar-refractivity contribution in [2.75, 3.05) is 25.5 Å². The van der Waals surface area contributed by atoms with Crippen LogP contribution in [0.15, 0.2) is 41.3 Å². The molecule has 2 aromatic carbocycles. The van der Waals surface area contributed by atoms with Crippen LogP contribution in [0.4, 0.5) is 5.69 Å². The van der Waals surface area contributed by atoms with Gasteiger partial charge in [0, 0.05) is 18.7 Å². The summed E-state index contributed by atoms with van der Waals surface area (Å²) < 4.78 is 45.1. The third-order valence-corrected chi connectivity index (χ3v) is 7.89. The van der Waals surface area contributed by atoms with Gasteiger partial charge < -0.3 is 14.2 Å². The van der Waals surface area contributed by atoms with Gasteiger partial charge in [-0.15, -0.1) is 0 Å². The molecule has 0 amide bonds. The van der Waals surface area contributed by atoms with Crippen LogP contribution in [0.1, 0.15) is 89.7 Å². The largest absolute Gasteiger partial charge is 0.495 e. The van der Waals surface area contributed by atoms with Crippen LogP contribution in [0.2, 0.25) is 5.02 Å². The maximum absolute atomic E-state index is 13.0. The zero-order valence-electron chi connectivity index (χ0n) is 22.1. The first-order valence-electron chi connectivity index (χ1n) is 13.0. The SMILES string of the molecule is CCCCCCCCCCCC(OCC)c1ccc(S(=O)(=O)Nc2cc(OC)c(Cl)cc2OC)cc1. The van der Waals surface area contributed by atoms with E-state index in [0.717, 1.165) is 18.4 Å². The smallest absolute Gasteiger partial charge is 0.262 e. The lowest BCUT2D eigenvalue weighted by Gasteiger charge is -2.18. The monoisotopic (exact) mass is 539 g/mol. The van der Waals surface area contributed by atoms with Crippen molar-refractivity contribution in [3.05, 3.63) is 47.0 Å². The fraction of sp³-hybridized carbons (Fsp3) is 0.571. The molecule has 1 N–H and O–H groups in total.